The highest BCUT2D eigenvalue weighted by Gasteiger charge is 2.24. The predicted molar refractivity (Wildman–Crippen MR) is 69.7 cm³/mol. The second-order valence-corrected chi connectivity index (χ2v) is 5.59. The Morgan fingerprint density at radius 2 is 2.16 bits per heavy atom. The highest BCUT2D eigenvalue weighted by molar-refractivity contribution is 5.75. The average molecular weight is 270 g/mol. The molecule has 0 fully saturated rings. The first-order valence-corrected chi connectivity index (χ1v) is 6.40. The maximum atomic E-state index is 11.9. The zero-order chi connectivity index (χ0) is 14.5. The van der Waals surface area contributed by atoms with Crippen LogP contribution in [0.4, 0.5) is 4.79 Å². The highest BCUT2D eigenvalue weighted by Crippen LogP contribution is 2.17. The average Bonchev–Trinajstić information content (AvgIpc) is 2.34. The van der Waals surface area contributed by atoms with Gasteiger partial charge in [0.15, 0.2) is 0 Å². The lowest BCUT2D eigenvalue weighted by Gasteiger charge is -2.30. The third-order valence-electron chi connectivity index (χ3n) is 2.68. The Morgan fingerprint density at radius 3 is 2.74 bits per heavy atom. The molecule has 2 amide bonds. The molecule has 0 aromatic carbocycles. The number of hydroxylamine groups is 1. The van der Waals surface area contributed by atoms with E-state index in [-0.39, 0.29) is 12.5 Å². The van der Waals surface area contributed by atoms with E-state index in [9.17, 15) is 9.59 Å². The van der Waals surface area contributed by atoms with Crippen molar-refractivity contribution in [2.45, 2.75) is 45.6 Å². The van der Waals surface area contributed by atoms with Gasteiger partial charge in [-0.25, -0.2) is 10.3 Å². The molecular weight excluding hydrogens is 248 g/mol. The molecule has 0 unspecified atom stereocenters. The molecule has 6 nitrogen and oxygen atoms in total. The van der Waals surface area contributed by atoms with Crippen LogP contribution in [0, 0.1) is 0 Å². The number of hydrogen-bond donors (Lipinski definition) is 2. The topological polar surface area (TPSA) is 78.9 Å². The third kappa shape index (κ3) is 5.74. The summed E-state index contributed by atoms with van der Waals surface area (Å²) in [5, 5.41) is 8.43. The number of amides is 2. The molecule has 0 aliphatic carbocycles. The molecule has 1 aliphatic heterocycles. The minimum Gasteiger partial charge on any atom is -0.444 e. The first-order chi connectivity index (χ1) is 8.81. The monoisotopic (exact) mass is 270 g/mol. The van der Waals surface area contributed by atoms with Crippen molar-refractivity contribution in [2.75, 3.05) is 13.1 Å². The van der Waals surface area contributed by atoms with Crippen LogP contribution in [0.25, 0.3) is 0 Å². The van der Waals surface area contributed by atoms with E-state index in [1.165, 1.54) is 0 Å². The summed E-state index contributed by atoms with van der Waals surface area (Å²) in [7, 11) is 0. The third-order valence-corrected chi connectivity index (χ3v) is 2.68. The molecule has 1 rings (SSSR count). The molecule has 0 aromatic heterocycles. The maximum Gasteiger partial charge on any atom is 0.410 e. The van der Waals surface area contributed by atoms with E-state index in [0.717, 1.165) is 12.0 Å². The molecule has 1 aliphatic rings. The fraction of sp³-hybridized carbons (Fsp3) is 0.692. The number of carbonyl (C=O) groups excluding carboxylic acids is 2. The van der Waals surface area contributed by atoms with Crippen molar-refractivity contribution in [1.29, 1.82) is 0 Å². The lowest BCUT2D eigenvalue weighted by molar-refractivity contribution is -0.129. The molecule has 0 saturated carbocycles. The smallest absolute Gasteiger partial charge is 0.410 e. The Morgan fingerprint density at radius 1 is 1.47 bits per heavy atom. The van der Waals surface area contributed by atoms with Crippen LogP contribution >= 0.6 is 0 Å². The van der Waals surface area contributed by atoms with Crippen molar-refractivity contribution >= 4 is 12.0 Å². The SMILES string of the molecule is CC(C)(C)OC(=O)N1CCC=C(CCC(=O)NO)C1. The summed E-state index contributed by atoms with van der Waals surface area (Å²) >= 11 is 0. The van der Waals surface area contributed by atoms with Gasteiger partial charge in [0.25, 0.3) is 0 Å². The number of nitrogens with one attached hydrogen (secondary N) is 1. The first-order valence-electron chi connectivity index (χ1n) is 6.40. The van der Waals surface area contributed by atoms with E-state index >= 15 is 0 Å². The van der Waals surface area contributed by atoms with Gasteiger partial charge in [0.05, 0.1) is 0 Å². The number of carbonyl (C=O) groups is 2. The molecule has 6 heteroatoms. The Hall–Kier alpha value is -1.56. The quantitative estimate of drug-likeness (QED) is 0.466. The van der Waals surface area contributed by atoms with Gasteiger partial charge in [0, 0.05) is 19.5 Å². The van der Waals surface area contributed by atoms with E-state index in [2.05, 4.69) is 0 Å². The van der Waals surface area contributed by atoms with Crippen LogP contribution in [-0.2, 0) is 9.53 Å². The van der Waals surface area contributed by atoms with Crippen LogP contribution in [0.5, 0.6) is 0 Å². The maximum absolute atomic E-state index is 11.9. The zero-order valence-corrected chi connectivity index (χ0v) is 11.7. The standard InChI is InChI=1S/C13H22N2O4/c1-13(2,3)19-12(17)15-8-4-5-10(9-15)6-7-11(16)14-18/h5,18H,4,6-9H2,1-3H3,(H,14,16). The molecule has 1 heterocycles. The number of nitrogens with zero attached hydrogens (tertiary/aromatic N) is 1. The molecule has 0 radical (unpaired) electrons. The van der Waals surface area contributed by atoms with E-state index in [4.69, 9.17) is 9.94 Å². The minimum absolute atomic E-state index is 0.213. The molecule has 0 atom stereocenters. The van der Waals surface area contributed by atoms with Crippen LogP contribution < -0.4 is 5.48 Å². The minimum atomic E-state index is -0.505. The van der Waals surface area contributed by atoms with E-state index in [1.807, 2.05) is 26.8 Å². The second-order valence-electron chi connectivity index (χ2n) is 5.59. The van der Waals surface area contributed by atoms with Crippen molar-refractivity contribution in [3.8, 4) is 0 Å². The van der Waals surface area contributed by atoms with Gasteiger partial charge in [0.1, 0.15) is 5.60 Å². The molecule has 0 aromatic rings. The predicted octanol–water partition coefficient (Wildman–Crippen LogP) is 1.84. The molecule has 0 spiro atoms. The summed E-state index contributed by atoms with van der Waals surface area (Å²) in [6.45, 7) is 6.60. The van der Waals surface area contributed by atoms with Gasteiger partial charge in [-0.3, -0.25) is 10.0 Å². The molecular formula is C13H22N2O4. The van der Waals surface area contributed by atoms with Crippen LogP contribution in [0.1, 0.15) is 40.0 Å². The van der Waals surface area contributed by atoms with E-state index in [0.29, 0.717) is 19.5 Å². The molecule has 108 valence electrons. The lowest BCUT2D eigenvalue weighted by atomic mass is 10.0. The van der Waals surface area contributed by atoms with Crippen molar-refractivity contribution in [2.24, 2.45) is 0 Å². The lowest BCUT2D eigenvalue weighted by Crippen LogP contribution is -2.40. The molecule has 0 bridgehead atoms. The normalized spacial score (nSPS) is 15.8. The Bertz CT molecular complexity index is 371. The number of hydrogen-bond acceptors (Lipinski definition) is 4. The highest BCUT2D eigenvalue weighted by atomic mass is 16.6. The van der Waals surface area contributed by atoms with Gasteiger partial charge in [-0.05, 0) is 33.6 Å². The Balaban J connectivity index is 2.47. The fourth-order valence-corrected chi connectivity index (χ4v) is 1.81. The second kappa shape index (κ2) is 6.56. The molecule has 0 saturated heterocycles. The largest absolute Gasteiger partial charge is 0.444 e. The Labute approximate surface area is 113 Å². The Kier molecular flexibility index (Phi) is 5.35. The van der Waals surface area contributed by atoms with Crippen molar-refractivity contribution < 1.29 is 19.5 Å². The summed E-state index contributed by atoms with van der Waals surface area (Å²) in [6, 6.07) is 0. The van der Waals surface area contributed by atoms with Crippen LogP contribution in [0.15, 0.2) is 11.6 Å². The summed E-state index contributed by atoms with van der Waals surface area (Å²) < 4.78 is 5.31. The van der Waals surface area contributed by atoms with Crippen molar-refractivity contribution in [1.82, 2.24) is 10.4 Å². The van der Waals surface area contributed by atoms with Gasteiger partial charge >= 0.3 is 6.09 Å². The fourth-order valence-electron chi connectivity index (χ4n) is 1.81. The van der Waals surface area contributed by atoms with Crippen LogP contribution in [0.2, 0.25) is 0 Å². The van der Waals surface area contributed by atoms with Gasteiger partial charge in [-0.15, -0.1) is 0 Å². The number of ether oxygens (including phenoxy) is 1. The number of rotatable bonds is 3. The van der Waals surface area contributed by atoms with Gasteiger partial charge in [-0.1, -0.05) is 11.6 Å². The summed E-state index contributed by atoms with van der Waals surface area (Å²) in [4.78, 5) is 24.5. The van der Waals surface area contributed by atoms with Crippen LogP contribution in [0.3, 0.4) is 0 Å². The zero-order valence-electron chi connectivity index (χ0n) is 11.7. The molecule has 2 N–H and O–H groups in total. The van der Waals surface area contributed by atoms with Crippen LogP contribution in [-0.4, -0.2) is 40.8 Å². The van der Waals surface area contributed by atoms with Gasteiger partial charge in [0.2, 0.25) is 5.91 Å². The summed E-state index contributed by atoms with van der Waals surface area (Å²) in [5.74, 6) is -0.421. The van der Waals surface area contributed by atoms with Crippen molar-refractivity contribution in [3.63, 3.8) is 0 Å². The molecule has 19 heavy (non-hydrogen) atoms. The van der Waals surface area contributed by atoms with E-state index in [1.54, 1.807) is 10.4 Å². The first kappa shape index (κ1) is 15.5. The summed E-state index contributed by atoms with van der Waals surface area (Å²) in [5.41, 5.74) is 2.11. The van der Waals surface area contributed by atoms with E-state index < -0.39 is 11.5 Å². The van der Waals surface area contributed by atoms with Gasteiger partial charge < -0.3 is 9.64 Å². The summed E-state index contributed by atoms with van der Waals surface area (Å²) in [6.07, 6.45) is 3.21. The van der Waals surface area contributed by atoms with Gasteiger partial charge in [-0.2, -0.15) is 0 Å². The van der Waals surface area contributed by atoms with Crippen molar-refractivity contribution in [3.05, 3.63) is 11.6 Å².